The third-order valence-electron chi connectivity index (χ3n) is 4.07. The van der Waals surface area contributed by atoms with Gasteiger partial charge in [-0.15, -0.1) is 0 Å². The zero-order chi connectivity index (χ0) is 15.1. The second-order valence-corrected chi connectivity index (χ2v) is 5.42. The van der Waals surface area contributed by atoms with Crippen molar-refractivity contribution in [2.24, 2.45) is 0 Å². The number of fused-ring (bicyclic) bond motifs is 2. The number of aromatic amines is 2. The zero-order valence-corrected chi connectivity index (χ0v) is 11.8. The average Bonchev–Trinajstić information content (AvgIpc) is 3.12. The van der Waals surface area contributed by atoms with Gasteiger partial charge in [0.2, 0.25) is 0 Å². The van der Waals surface area contributed by atoms with Gasteiger partial charge in [0.1, 0.15) is 0 Å². The lowest BCUT2D eigenvalue weighted by molar-refractivity contribution is 0.0697. The molecule has 0 bridgehead atoms. The largest absolute Gasteiger partial charge is 0.478 e. The van der Waals surface area contributed by atoms with Crippen LogP contribution in [0.4, 0.5) is 0 Å². The third-order valence-corrected chi connectivity index (χ3v) is 4.07. The molecule has 0 aliphatic carbocycles. The molecule has 0 unspecified atom stereocenters. The predicted octanol–water partition coefficient (Wildman–Crippen LogP) is 3.94. The monoisotopic (exact) mass is 290 g/mol. The minimum atomic E-state index is -0.908. The first-order valence-electron chi connectivity index (χ1n) is 7.10. The number of hydrogen-bond donors (Lipinski definition) is 3. The third kappa shape index (κ3) is 1.97. The Balaban J connectivity index is 1.77. The van der Waals surface area contributed by atoms with Crippen molar-refractivity contribution in [2.45, 2.75) is 6.42 Å². The van der Waals surface area contributed by atoms with Crippen LogP contribution in [0.25, 0.3) is 21.8 Å². The predicted molar refractivity (Wildman–Crippen MR) is 86.4 cm³/mol. The standard InChI is InChI=1S/C18H14N2O2/c21-18(22)11-5-6-15-13(10-20-17(15)8-11)7-12-9-19-16-4-2-1-3-14(12)16/h1-6,8-10,19-20H,7H2,(H,21,22). The number of carbonyl (C=O) groups is 1. The number of hydrogen-bond acceptors (Lipinski definition) is 1. The fourth-order valence-corrected chi connectivity index (χ4v) is 2.95. The molecule has 4 nitrogen and oxygen atoms in total. The van der Waals surface area contributed by atoms with E-state index in [0.717, 1.165) is 28.4 Å². The molecule has 0 aliphatic rings. The molecule has 0 saturated carbocycles. The van der Waals surface area contributed by atoms with E-state index in [1.807, 2.05) is 30.6 Å². The van der Waals surface area contributed by atoms with Gasteiger partial charge < -0.3 is 15.1 Å². The molecule has 4 heteroatoms. The highest BCUT2D eigenvalue weighted by Crippen LogP contribution is 2.25. The van der Waals surface area contributed by atoms with E-state index < -0.39 is 5.97 Å². The minimum Gasteiger partial charge on any atom is -0.478 e. The van der Waals surface area contributed by atoms with Crippen LogP contribution >= 0.6 is 0 Å². The fourth-order valence-electron chi connectivity index (χ4n) is 2.95. The first kappa shape index (κ1) is 12.7. The molecule has 0 fully saturated rings. The van der Waals surface area contributed by atoms with Crippen LogP contribution in [0.1, 0.15) is 21.5 Å². The molecular weight excluding hydrogens is 276 g/mol. The van der Waals surface area contributed by atoms with Crippen molar-refractivity contribution >= 4 is 27.8 Å². The van der Waals surface area contributed by atoms with E-state index in [9.17, 15) is 4.79 Å². The van der Waals surface area contributed by atoms with Gasteiger partial charge in [0.15, 0.2) is 0 Å². The van der Waals surface area contributed by atoms with Gasteiger partial charge in [-0.2, -0.15) is 0 Å². The Hall–Kier alpha value is -3.01. The summed E-state index contributed by atoms with van der Waals surface area (Å²) in [7, 11) is 0. The Bertz CT molecular complexity index is 995. The molecule has 2 heterocycles. The lowest BCUT2D eigenvalue weighted by atomic mass is 10.0. The van der Waals surface area contributed by atoms with Crippen LogP contribution in [-0.2, 0) is 6.42 Å². The second kappa shape index (κ2) is 4.77. The molecule has 0 spiro atoms. The Morgan fingerprint density at radius 3 is 2.36 bits per heavy atom. The van der Waals surface area contributed by atoms with Crippen molar-refractivity contribution in [3.05, 3.63) is 71.5 Å². The van der Waals surface area contributed by atoms with E-state index in [1.165, 1.54) is 10.9 Å². The van der Waals surface area contributed by atoms with Crippen molar-refractivity contribution in [2.75, 3.05) is 0 Å². The SMILES string of the molecule is O=C(O)c1ccc2c(Cc3c[nH]c4ccccc34)c[nH]c2c1. The molecule has 4 aromatic rings. The number of H-pyrrole nitrogens is 2. The molecule has 3 N–H and O–H groups in total. The van der Waals surface area contributed by atoms with Crippen LogP contribution in [0.3, 0.4) is 0 Å². The molecule has 2 aromatic carbocycles. The van der Waals surface area contributed by atoms with Crippen molar-refractivity contribution < 1.29 is 9.90 Å². The summed E-state index contributed by atoms with van der Waals surface area (Å²) < 4.78 is 0. The van der Waals surface area contributed by atoms with Gasteiger partial charge in [-0.05, 0) is 29.3 Å². The quantitative estimate of drug-likeness (QED) is 0.535. The van der Waals surface area contributed by atoms with Crippen LogP contribution in [-0.4, -0.2) is 21.0 Å². The number of para-hydroxylation sites is 1. The Morgan fingerprint density at radius 2 is 1.59 bits per heavy atom. The highest BCUT2D eigenvalue weighted by Gasteiger charge is 2.10. The number of carboxylic acids is 1. The van der Waals surface area contributed by atoms with Gasteiger partial charge in [0, 0.05) is 40.6 Å². The number of nitrogens with one attached hydrogen (secondary N) is 2. The Morgan fingerprint density at radius 1 is 0.909 bits per heavy atom. The minimum absolute atomic E-state index is 0.299. The average molecular weight is 290 g/mol. The maximum Gasteiger partial charge on any atom is 0.335 e. The van der Waals surface area contributed by atoms with E-state index in [2.05, 4.69) is 22.1 Å². The lowest BCUT2D eigenvalue weighted by Crippen LogP contribution is -1.95. The summed E-state index contributed by atoms with van der Waals surface area (Å²) in [5, 5.41) is 11.3. The van der Waals surface area contributed by atoms with Gasteiger partial charge in [-0.25, -0.2) is 4.79 Å². The van der Waals surface area contributed by atoms with Crippen molar-refractivity contribution in [1.82, 2.24) is 9.97 Å². The maximum absolute atomic E-state index is 11.0. The van der Waals surface area contributed by atoms with Crippen LogP contribution in [0.15, 0.2) is 54.9 Å². The van der Waals surface area contributed by atoms with Gasteiger partial charge in [0.25, 0.3) is 0 Å². The fraction of sp³-hybridized carbons (Fsp3) is 0.0556. The van der Waals surface area contributed by atoms with Crippen molar-refractivity contribution in [1.29, 1.82) is 0 Å². The van der Waals surface area contributed by atoms with E-state index >= 15 is 0 Å². The van der Waals surface area contributed by atoms with Gasteiger partial charge in [-0.1, -0.05) is 24.3 Å². The maximum atomic E-state index is 11.0. The van der Waals surface area contributed by atoms with Gasteiger partial charge in [0.05, 0.1) is 5.56 Å². The molecule has 108 valence electrons. The molecule has 0 saturated heterocycles. The zero-order valence-electron chi connectivity index (χ0n) is 11.8. The number of benzene rings is 2. The molecular formula is C18H14N2O2. The smallest absolute Gasteiger partial charge is 0.335 e. The lowest BCUT2D eigenvalue weighted by Gasteiger charge is -2.00. The van der Waals surface area contributed by atoms with Crippen molar-refractivity contribution in [3.63, 3.8) is 0 Å². The molecule has 0 aliphatic heterocycles. The number of aromatic carboxylic acids is 1. The summed E-state index contributed by atoms with van der Waals surface area (Å²) >= 11 is 0. The summed E-state index contributed by atoms with van der Waals surface area (Å²) in [6.45, 7) is 0. The summed E-state index contributed by atoms with van der Waals surface area (Å²) in [6, 6.07) is 13.4. The molecule has 0 atom stereocenters. The van der Waals surface area contributed by atoms with E-state index in [4.69, 9.17) is 5.11 Å². The summed E-state index contributed by atoms with van der Waals surface area (Å²) in [6.07, 6.45) is 4.80. The van der Waals surface area contributed by atoms with Crippen molar-refractivity contribution in [3.8, 4) is 0 Å². The van der Waals surface area contributed by atoms with E-state index in [0.29, 0.717) is 5.56 Å². The van der Waals surface area contributed by atoms with Crippen LogP contribution in [0.5, 0.6) is 0 Å². The van der Waals surface area contributed by atoms with Crippen LogP contribution in [0, 0.1) is 0 Å². The Labute approximate surface area is 126 Å². The van der Waals surface area contributed by atoms with Crippen LogP contribution < -0.4 is 0 Å². The number of rotatable bonds is 3. The van der Waals surface area contributed by atoms with E-state index in [1.54, 1.807) is 12.1 Å². The molecule has 0 amide bonds. The van der Waals surface area contributed by atoms with Crippen LogP contribution in [0.2, 0.25) is 0 Å². The molecule has 2 aromatic heterocycles. The second-order valence-electron chi connectivity index (χ2n) is 5.42. The molecule has 0 radical (unpaired) electrons. The summed E-state index contributed by atoms with van der Waals surface area (Å²) in [4.78, 5) is 17.5. The molecule has 22 heavy (non-hydrogen) atoms. The first-order valence-corrected chi connectivity index (χ1v) is 7.10. The first-order chi connectivity index (χ1) is 10.7. The van der Waals surface area contributed by atoms with E-state index in [-0.39, 0.29) is 0 Å². The summed E-state index contributed by atoms with van der Waals surface area (Å²) in [5.74, 6) is -0.908. The highest BCUT2D eigenvalue weighted by molar-refractivity contribution is 5.94. The molecule has 4 rings (SSSR count). The van der Waals surface area contributed by atoms with Gasteiger partial charge in [-0.3, -0.25) is 0 Å². The summed E-state index contributed by atoms with van der Waals surface area (Å²) in [5.41, 5.74) is 4.68. The number of aromatic nitrogens is 2. The van der Waals surface area contributed by atoms with Gasteiger partial charge >= 0.3 is 5.97 Å². The topological polar surface area (TPSA) is 68.9 Å². The number of carboxylic acid groups (broad SMARTS) is 1. The normalized spacial score (nSPS) is 11.3. The Kier molecular flexibility index (Phi) is 2.76. The highest BCUT2D eigenvalue weighted by atomic mass is 16.4.